The predicted molar refractivity (Wildman–Crippen MR) is 101 cm³/mol. The zero-order valence-corrected chi connectivity index (χ0v) is 16.7. The van der Waals surface area contributed by atoms with Crippen molar-refractivity contribution in [2.24, 2.45) is 11.8 Å². The number of thiophene rings is 1. The lowest BCUT2D eigenvalue weighted by molar-refractivity contribution is -0.313. The summed E-state index contributed by atoms with van der Waals surface area (Å²) < 4.78 is 4.92. The quantitative estimate of drug-likeness (QED) is 0.629. The van der Waals surface area contributed by atoms with Gasteiger partial charge in [-0.2, -0.15) is 0 Å². The number of aryl methyl sites for hydroxylation is 1. The van der Waals surface area contributed by atoms with E-state index in [1.165, 1.54) is 18.4 Å². The van der Waals surface area contributed by atoms with Crippen LogP contribution < -0.4 is 10.4 Å². The number of aliphatic carboxylic acids is 1. The van der Waals surface area contributed by atoms with Crippen LogP contribution in [0.15, 0.2) is 11.1 Å². The van der Waals surface area contributed by atoms with Gasteiger partial charge >= 0.3 is 5.97 Å². The molecule has 27 heavy (non-hydrogen) atoms. The number of nitrogens with one attached hydrogen (secondary N) is 1. The lowest BCUT2D eigenvalue weighted by Crippen LogP contribution is -2.42. The van der Waals surface area contributed by atoms with Crippen LogP contribution in [0.25, 0.3) is 0 Å². The zero-order valence-electron chi connectivity index (χ0n) is 15.8. The molecular formula is C20H24NO5S-. The molecule has 2 aliphatic carbocycles. The molecule has 2 atom stereocenters. The summed E-state index contributed by atoms with van der Waals surface area (Å²) in [6, 6.07) is 0. The van der Waals surface area contributed by atoms with Gasteiger partial charge in [0.1, 0.15) is 5.00 Å². The number of hydrogen-bond acceptors (Lipinski definition) is 6. The van der Waals surface area contributed by atoms with E-state index in [-0.39, 0.29) is 5.91 Å². The van der Waals surface area contributed by atoms with Gasteiger partial charge < -0.3 is 20.0 Å². The smallest absolute Gasteiger partial charge is 0.341 e. The number of carbonyl (C=O) groups is 3. The Labute approximate surface area is 162 Å². The Morgan fingerprint density at radius 2 is 1.70 bits per heavy atom. The van der Waals surface area contributed by atoms with E-state index in [0.717, 1.165) is 47.3 Å². The Morgan fingerprint density at radius 1 is 1.07 bits per heavy atom. The van der Waals surface area contributed by atoms with Gasteiger partial charge in [-0.1, -0.05) is 11.1 Å². The molecular weight excluding hydrogens is 366 g/mol. The van der Waals surface area contributed by atoms with Crippen LogP contribution in [0.2, 0.25) is 0 Å². The fraction of sp³-hybridized carbons (Fsp3) is 0.550. The fourth-order valence-corrected chi connectivity index (χ4v) is 5.27. The second kappa shape index (κ2) is 7.84. The van der Waals surface area contributed by atoms with Crippen LogP contribution in [0.1, 0.15) is 60.3 Å². The van der Waals surface area contributed by atoms with Crippen molar-refractivity contribution in [3.63, 3.8) is 0 Å². The van der Waals surface area contributed by atoms with Crippen molar-refractivity contribution in [1.29, 1.82) is 0 Å². The minimum Gasteiger partial charge on any atom is -0.550 e. The Balaban J connectivity index is 1.90. The fourth-order valence-electron chi connectivity index (χ4n) is 3.99. The average molecular weight is 390 g/mol. The van der Waals surface area contributed by atoms with E-state index in [0.29, 0.717) is 23.4 Å². The number of amides is 1. The van der Waals surface area contributed by atoms with E-state index in [1.807, 2.05) is 13.8 Å². The van der Waals surface area contributed by atoms with Gasteiger partial charge in [-0.3, -0.25) is 4.79 Å². The van der Waals surface area contributed by atoms with E-state index in [4.69, 9.17) is 4.74 Å². The second-order valence-electron chi connectivity index (χ2n) is 7.40. The summed E-state index contributed by atoms with van der Waals surface area (Å²) >= 11 is 1.40. The molecule has 6 nitrogen and oxygen atoms in total. The minimum atomic E-state index is -1.21. The molecule has 1 aromatic heterocycles. The molecule has 0 bridgehead atoms. The lowest BCUT2D eigenvalue weighted by Gasteiger charge is -2.32. The van der Waals surface area contributed by atoms with Gasteiger partial charge in [0.25, 0.3) is 0 Å². The maximum Gasteiger partial charge on any atom is 0.341 e. The van der Waals surface area contributed by atoms with Gasteiger partial charge in [0.15, 0.2) is 0 Å². The van der Waals surface area contributed by atoms with Crippen molar-refractivity contribution < 1.29 is 24.2 Å². The molecule has 3 rings (SSSR count). The highest BCUT2D eigenvalue weighted by molar-refractivity contribution is 7.17. The summed E-state index contributed by atoms with van der Waals surface area (Å²) in [6.07, 6.45) is 4.43. The number of carbonyl (C=O) groups excluding carboxylic acids is 3. The normalized spacial score (nSPS) is 22.2. The van der Waals surface area contributed by atoms with Crippen molar-refractivity contribution in [1.82, 2.24) is 0 Å². The molecule has 146 valence electrons. The molecule has 0 saturated carbocycles. The third-order valence-electron chi connectivity index (χ3n) is 5.70. The van der Waals surface area contributed by atoms with Crippen LogP contribution in [0.5, 0.6) is 0 Å². The Morgan fingerprint density at radius 3 is 2.33 bits per heavy atom. The monoisotopic (exact) mass is 390 g/mol. The van der Waals surface area contributed by atoms with E-state index < -0.39 is 23.8 Å². The van der Waals surface area contributed by atoms with E-state index >= 15 is 0 Å². The van der Waals surface area contributed by atoms with Crippen molar-refractivity contribution in [2.75, 3.05) is 12.4 Å². The number of esters is 1. The summed E-state index contributed by atoms with van der Waals surface area (Å²) in [4.78, 5) is 37.9. The molecule has 1 N–H and O–H groups in total. The number of ether oxygens (including phenoxy) is 1. The third-order valence-corrected chi connectivity index (χ3v) is 6.91. The topological polar surface area (TPSA) is 95.5 Å². The molecule has 1 amide bonds. The first-order valence-electron chi connectivity index (χ1n) is 9.23. The first-order valence-corrected chi connectivity index (χ1v) is 10.0. The Kier molecular flexibility index (Phi) is 5.69. The number of rotatable bonds is 4. The van der Waals surface area contributed by atoms with Gasteiger partial charge in [-0.25, -0.2) is 4.79 Å². The predicted octanol–water partition coefficient (Wildman–Crippen LogP) is 2.46. The highest BCUT2D eigenvalue weighted by atomic mass is 32.1. The van der Waals surface area contributed by atoms with Gasteiger partial charge in [0.05, 0.1) is 18.6 Å². The van der Waals surface area contributed by atoms with E-state index in [2.05, 4.69) is 5.32 Å². The van der Waals surface area contributed by atoms with Gasteiger partial charge in [-0.05, 0) is 57.9 Å². The summed E-state index contributed by atoms with van der Waals surface area (Å²) in [5, 5.41) is 14.9. The number of anilines is 1. The summed E-state index contributed by atoms with van der Waals surface area (Å²) in [6.45, 7) is 3.81. The van der Waals surface area contributed by atoms with Gasteiger partial charge in [-0.15, -0.1) is 11.3 Å². The first-order chi connectivity index (χ1) is 12.8. The molecule has 0 aliphatic heterocycles. The number of fused-ring (bicyclic) bond motifs is 1. The van der Waals surface area contributed by atoms with Crippen LogP contribution in [0, 0.1) is 11.8 Å². The van der Waals surface area contributed by atoms with E-state index in [9.17, 15) is 19.5 Å². The third kappa shape index (κ3) is 3.78. The number of allylic oxidation sites excluding steroid dienone is 2. The molecule has 0 aromatic carbocycles. The lowest BCUT2D eigenvalue weighted by atomic mass is 9.76. The number of carboxylic acids is 1. The molecule has 7 heteroatoms. The molecule has 0 spiro atoms. The number of methoxy groups -OCH3 is 1. The molecule has 2 unspecified atom stereocenters. The highest BCUT2D eigenvalue weighted by Gasteiger charge is 2.35. The molecule has 0 radical (unpaired) electrons. The van der Waals surface area contributed by atoms with Gasteiger partial charge in [0, 0.05) is 16.8 Å². The highest BCUT2D eigenvalue weighted by Crippen LogP contribution is 2.40. The summed E-state index contributed by atoms with van der Waals surface area (Å²) in [7, 11) is 1.32. The molecule has 1 heterocycles. The largest absolute Gasteiger partial charge is 0.550 e. The van der Waals surface area contributed by atoms with Crippen LogP contribution >= 0.6 is 11.3 Å². The van der Waals surface area contributed by atoms with Crippen molar-refractivity contribution in [3.8, 4) is 0 Å². The minimum absolute atomic E-state index is 0.317. The number of hydrogen-bond donors (Lipinski definition) is 1. The molecule has 0 fully saturated rings. The number of carboxylic acid groups (broad SMARTS) is 1. The standard InChI is InChI=1S/C20H25NO5S/c1-10-8-13(14(19(23)24)9-11(10)2)17(22)21-18-16(20(25)26-3)12-6-4-5-7-15(12)27-18/h13-14H,4-9H2,1-3H3,(H,21,22)(H,23,24)/p-1. The van der Waals surface area contributed by atoms with Crippen molar-refractivity contribution >= 4 is 34.2 Å². The summed E-state index contributed by atoms with van der Waals surface area (Å²) in [5.41, 5.74) is 3.41. The van der Waals surface area contributed by atoms with Crippen LogP contribution in [0.3, 0.4) is 0 Å². The Bertz CT molecular complexity index is 823. The van der Waals surface area contributed by atoms with E-state index in [1.54, 1.807) is 0 Å². The second-order valence-corrected chi connectivity index (χ2v) is 8.50. The maximum absolute atomic E-state index is 12.9. The average Bonchev–Trinajstić information content (AvgIpc) is 3.00. The van der Waals surface area contributed by atoms with Crippen LogP contribution in [-0.4, -0.2) is 25.0 Å². The summed E-state index contributed by atoms with van der Waals surface area (Å²) in [5.74, 6) is -3.61. The van der Waals surface area contributed by atoms with Crippen molar-refractivity contribution in [2.45, 2.75) is 52.4 Å². The zero-order chi connectivity index (χ0) is 19.7. The molecule has 0 saturated heterocycles. The Hall–Kier alpha value is -2.15. The molecule has 2 aliphatic rings. The van der Waals surface area contributed by atoms with Crippen LogP contribution in [0.4, 0.5) is 5.00 Å². The molecule has 1 aromatic rings. The maximum atomic E-state index is 12.9. The first kappa shape index (κ1) is 19.6. The van der Waals surface area contributed by atoms with Crippen molar-refractivity contribution in [3.05, 3.63) is 27.2 Å². The SMILES string of the molecule is COC(=O)c1c(NC(=O)C2CC(C)=C(C)CC2C(=O)[O-])sc2c1CCCC2. The van der Waals surface area contributed by atoms with Gasteiger partial charge in [0.2, 0.25) is 5.91 Å². The van der Waals surface area contributed by atoms with Crippen LogP contribution in [-0.2, 0) is 27.2 Å².